The Balaban J connectivity index is 1.39. The number of rotatable bonds is 9. The third kappa shape index (κ3) is 5.24. The second-order valence-corrected chi connectivity index (χ2v) is 12.5. The van der Waals surface area contributed by atoms with Gasteiger partial charge in [-0.25, -0.2) is 8.42 Å². The van der Waals surface area contributed by atoms with Gasteiger partial charge in [0.05, 0.1) is 22.1 Å². The minimum Gasteiger partial charge on any atom is -0.352 e. The monoisotopic (exact) mass is 538 g/mol. The van der Waals surface area contributed by atoms with E-state index in [1.165, 1.54) is 28.6 Å². The number of ketones is 1. The van der Waals surface area contributed by atoms with Gasteiger partial charge in [-0.3, -0.25) is 8.98 Å². The van der Waals surface area contributed by atoms with Gasteiger partial charge >= 0.3 is 0 Å². The van der Waals surface area contributed by atoms with Crippen LogP contribution >= 0.6 is 0 Å². The number of aromatic amines is 1. The quantitative estimate of drug-likeness (QED) is 0.322. The lowest BCUT2D eigenvalue weighted by Crippen LogP contribution is -2.40. The molecule has 4 aromatic rings. The number of benzene rings is 3. The van der Waals surface area contributed by atoms with Crippen LogP contribution in [-0.2, 0) is 30.7 Å². The Bertz CT molecular complexity index is 1630. The van der Waals surface area contributed by atoms with Crippen molar-refractivity contribution in [3.63, 3.8) is 0 Å². The summed E-state index contributed by atoms with van der Waals surface area (Å²) in [6, 6.07) is 23.3. The van der Waals surface area contributed by atoms with Crippen molar-refractivity contribution in [1.29, 1.82) is 0 Å². The first-order valence-electron chi connectivity index (χ1n) is 11.9. The van der Waals surface area contributed by atoms with Crippen LogP contribution in [0.25, 0.3) is 10.9 Å². The number of nitrogens with zero attached hydrogens (tertiary/aromatic N) is 1. The van der Waals surface area contributed by atoms with Crippen molar-refractivity contribution in [3.05, 3.63) is 96.2 Å². The molecule has 10 heteroatoms. The van der Waals surface area contributed by atoms with Crippen molar-refractivity contribution < 1.29 is 25.8 Å². The summed E-state index contributed by atoms with van der Waals surface area (Å²) < 4.78 is 58.6. The molecule has 0 saturated carbocycles. The van der Waals surface area contributed by atoms with Gasteiger partial charge in [0.1, 0.15) is 0 Å². The van der Waals surface area contributed by atoms with E-state index < -0.39 is 20.1 Å². The number of hydrogen-bond donors (Lipinski definition) is 1. The van der Waals surface area contributed by atoms with Crippen LogP contribution in [0.2, 0.25) is 0 Å². The predicted octanol–water partition coefficient (Wildman–Crippen LogP) is 4.01. The fourth-order valence-electron chi connectivity index (χ4n) is 4.75. The van der Waals surface area contributed by atoms with Crippen LogP contribution in [0.1, 0.15) is 22.5 Å². The normalized spacial score (nSPS) is 16.2. The van der Waals surface area contributed by atoms with E-state index in [9.17, 15) is 21.6 Å². The fourth-order valence-corrected chi connectivity index (χ4v) is 7.19. The van der Waals surface area contributed by atoms with Crippen LogP contribution < -0.4 is 0 Å². The topological polar surface area (TPSA) is 114 Å². The molecule has 0 saturated heterocycles. The lowest BCUT2D eigenvalue weighted by Gasteiger charge is -2.29. The summed E-state index contributed by atoms with van der Waals surface area (Å²) in [5.41, 5.74) is 2.33. The molecule has 192 valence electrons. The Hall–Kier alpha value is -3.31. The zero-order valence-electron chi connectivity index (χ0n) is 19.9. The number of carbonyl (C=O) groups is 1. The van der Waals surface area contributed by atoms with Gasteiger partial charge in [-0.1, -0.05) is 54.6 Å². The van der Waals surface area contributed by atoms with Gasteiger partial charge < -0.3 is 4.98 Å². The molecular weight excluding hydrogens is 512 g/mol. The number of carbonyl (C=O) groups excluding carboxylic acids is 1. The molecule has 37 heavy (non-hydrogen) atoms. The maximum absolute atomic E-state index is 13.6. The molecule has 8 nitrogen and oxygen atoms in total. The number of para-hydroxylation sites is 1. The van der Waals surface area contributed by atoms with E-state index in [1.54, 1.807) is 36.4 Å². The lowest BCUT2D eigenvalue weighted by molar-refractivity contribution is 0.0936. The van der Waals surface area contributed by atoms with Crippen molar-refractivity contribution in [2.24, 2.45) is 5.92 Å². The van der Waals surface area contributed by atoms with Gasteiger partial charge in [-0.15, -0.1) is 0 Å². The van der Waals surface area contributed by atoms with Crippen molar-refractivity contribution in [2.45, 2.75) is 22.6 Å². The molecule has 0 radical (unpaired) electrons. The highest BCUT2D eigenvalue weighted by molar-refractivity contribution is 7.89. The number of aromatic nitrogens is 1. The summed E-state index contributed by atoms with van der Waals surface area (Å²) >= 11 is 0. The molecule has 0 fully saturated rings. The Morgan fingerprint density at radius 3 is 2.14 bits per heavy atom. The Labute approximate surface area is 216 Å². The molecule has 1 N–H and O–H groups in total. The second-order valence-electron chi connectivity index (χ2n) is 8.99. The number of sulfonamides is 1. The molecule has 0 aliphatic heterocycles. The molecule has 5 rings (SSSR count). The van der Waals surface area contributed by atoms with Crippen molar-refractivity contribution in [3.8, 4) is 0 Å². The number of nitrogens with one attached hydrogen (secondary N) is 1. The van der Waals surface area contributed by atoms with E-state index in [0.717, 1.165) is 16.5 Å². The third-order valence-corrected chi connectivity index (χ3v) is 9.72. The van der Waals surface area contributed by atoms with Crippen LogP contribution in [0.15, 0.2) is 94.7 Å². The van der Waals surface area contributed by atoms with Crippen LogP contribution in [0.3, 0.4) is 0 Å². The summed E-state index contributed by atoms with van der Waals surface area (Å²) in [4.78, 5) is 16.3. The van der Waals surface area contributed by atoms with Crippen LogP contribution in [0, 0.1) is 5.92 Å². The molecule has 0 amide bonds. The average Bonchev–Trinajstić information content (AvgIpc) is 3.28. The predicted molar refractivity (Wildman–Crippen MR) is 139 cm³/mol. The zero-order chi connectivity index (χ0) is 26.0. The number of fused-ring (bicyclic) bond motifs is 3. The second kappa shape index (κ2) is 10.2. The summed E-state index contributed by atoms with van der Waals surface area (Å²) in [6.45, 7) is -0.492. The molecule has 1 aliphatic carbocycles. The zero-order valence-corrected chi connectivity index (χ0v) is 21.5. The molecule has 3 aromatic carbocycles. The minimum absolute atomic E-state index is 0.00258. The third-order valence-electron chi connectivity index (χ3n) is 6.51. The standard InChI is InChI=1S/C27H26N2O6S2/c30-26-18-20(17-24-23-13-7-8-14-25(23)28-27(24)26)19-29(36(31,32)21-9-3-1-4-10-21)15-16-35-37(33,34)22-11-5-2-6-12-22/h1-14,20,28H,15-19H2. The van der Waals surface area contributed by atoms with E-state index in [-0.39, 0.29) is 47.6 Å². The first-order chi connectivity index (χ1) is 17.8. The van der Waals surface area contributed by atoms with E-state index in [1.807, 2.05) is 24.3 Å². The van der Waals surface area contributed by atoms with Crippen molar-refractivity contribution in [1.82, 2.24) is 9.29 Å². The summed E-state index contributed by atoms with van der Waals surface area (Å²) in [7, 11) is -8.01. The highest BCUT2D eigenvalue weighted by atomic mass is 32.2. The summed E-state index contributed by atoms with van der Waals surface area (Å²) in [5.74, 6) is -0.342. The fraction of sp³-hybridized carbons (Fsp3) is 0.222. The van der Waals surface area contributed by atoms with Gasteiger partial charge in [0.15, 0.2) is 5.78 Å². The molecular formula is C27H26N2O6S2. The maximum atomic E-state index is 13.6. The Kier molecular flexibility index (Phi) is 7.00. The largest absolute Gasteiger partial charge is 0.352 e. The molecule has 1 aromatic heterocycles. The van der Waals surface area contributed by atoms with E-state index in [2.05, 4.69) is 4.98 Å². The maximum Gasteiger partial charge on any atom is 0.297 e. The van der Waals surface area contributed by atoms with Gasteiger partial charge in [-0.05, 0) is 48.2 Å². The minimum atomic E-state index is -4.04. The van der Waals surface area contributed by atoms with Crippen LogP contribution in [0.5, 0.6) is 0 Å². The summed E-state index contributed by atoms with van der Waals surface area (Å²) in [5, 5.41) is 0.949. The number of H-pyrrole nitrogens is 1. The Morgan fingerprint density at radius 2 is 1.43 bits per heavy atom. The van der Waals surface area contributed by atoms with Gasteiger partial charge in [0.2, 0.25) is 10.0 Å². The van der Waals surface area contributed by atoms with Gasteiger partial charge in [0, 0.05) is 30.4 Å². The van der Waals surface area contributed by atoms with Crippen LogP contribution in [-0.4, -0.2) is 51.6 Å². The van der Waals surface area contributed by atoms with Crippen molar-refractivity contribution >= 4 is 36.8 Å². The lowest BCUT2D eigenvalue weighted by atomic mass is 9.85. The van der Waals surface area contributed by atoms with Gasteiger partial charge in [0.25, 0.3) is 10.1 Å². The van der Waals surface area contributed by atoms with Gasteiger partial charge in [-0.2, -0.15) is 12.7 Å². The molecule has 1 aliphatic rings. The SMILES string of the molecule is O=C1CC(CN(CCOS(=O)(=O)c2ccccc2)S(=O)(=O)c2ccccc2)Cc2c1[nH]c1ccccc21. The molecule has 1 unspecified atom stereocenters. The Morgan fingerprint density at radius 1 is 0.811 bits per heavy atom. The van der Waals surface area contributed by atoms with Crippen molar-refractivity contribution in [2.75, 3.05) is 19.7 Å². The van der Waals surface area contributed by atoms with Crippen LogP contribution in [0.4, 0.5) is 0 Å². The average molecular weight is 539 g/mol. The molecule has 1 heterocycles. The summed E-state index contributed by atoms with van der Waals surface area (Å²) in [6.07, 6.45) is 0.707. The molecule has 1 atom stereocenters. The highest BCUT2D eigenvalue weighted by Gasteiger charge is 2.33. The first-order valence-corrected chi connectivity index (χ1v) is 14.7. The van der Waals surface area contributed by atoms with E-state index >= 15 is 0 Å². The van der Waals surface area contributed by atoms with E-state index in [4.69, 9.17) is 4.18 Å². The smallest absolute Gasteiger partial charge is 0.297 e. The highest BCUT2D eigenvalue weighted by Crippen LogP contribution is 2.33. The number of hydrogen-bond acceptors (Lipinski definition) is 6. The first kappa shape index (κ1) is 25.3. The number of Topliss-reactive ketones (excluding diaryl/α,β-unsaturated/α-hetero) is 1. The molecule has 0 spiro atoms. The molecule has 0 bridgehead atoms. The van der Waals surface area contributed by atoms with E-state index in [0.29, 0.717) is 12.1 Å².